The minimum absolute atomic E-state index is 0.990. The molecule has 0 radical (unpaired) electrons. The highest BCUT2D eigenvalue weighted by molar-refractivity contribution is 7.45. The molecule has 0 aliphatic heterocycles. The highest BCUT2D eigenvalue weighted by Crippen LogP contribution is 2.25. The lowest BCUT2D eigenvalue weighted by Crippen LogP contribution is -1.94. The van der Waals surface area contributed by atoms with Crippen LogP contribution in [0.2, 0.25) is 0 Å². The number of benzene rings is 3. The van der Waals surface area contributed by atoms with Crippen molar-refractivity contribution in [1.82, 2.24) is 0 Å². The van der Waals surface area contributed by atoms with Crippen molar-refractivity contribution < 1.29 is 19.2 Å². The minimum Gasteiger partial charge on any atom is -0.385 e. The average Bonchev–Trinajstić information content (AvgIpc) is 2.77. The monoisotopic (exact) mass is 461 g/mol. The van der Waals surface area contributed by atoms with Gasteiger partial charge in [-0.05, 0) is 57.2 Å². The third-order valence-electron chi connectivity index (χ3n) is 3.46. The van der Waals surface area contributed by atoms with Gasteiger partial charge in [-0.3, -0.25) is 0 Å². The Bertz CT molecular complexity index is 725. The molecule has 0 amide bonds. The summed E-state index contributed by atoms with van der Waals surface area (Å²) in [7, 11) is -4.64. The van der Waals surface area contributed by atoms with Crippen molar-refractivity contribution in [3.8, 4) is 0 Å². The van der Waals surface area contributed by atoms with Gasteiger partial charge in [-0.1, -0.05) is 54.6 Å². The molecule has 176 valence electrons. The number of phosphoric acid groups is 1. The van der Waals surface area contributed by atoms with Crippen LogP contribution >= 0.6 is 7.82 Å². The number of hydrogen-bond donors (Lipinski definition) is 6. The molecular formula is C24H36N3O4P. The van der Waals surface area contributed by atoms with E-state index in [1.165, 1.54) is 17.1 Å². The van der Waals surface area contributed by atoms with E-state index < -0.39 is 7.82 Å². The van der Waals surface area contributed by atoms with Crippen LogP contribution in [0.3, 0.4) is 0 Å². The van der Waals surface area contributed by atoms with Gasteiger partial charge in [-0.2, -0.15) is 0 Å². The first-order chi connectivity index (χ1) is 15.3. The second-order valence-corrected chi connectivity index (χ2v) is 7.23. The first-order valence-corrected chi connectivity index (χ1v) is 12.0. The minimum atomic E-state index is -4.64. The topological polar surface area (TPSA) is 114 Å². The molecule has 32 heavy (non-hydrogen) atoms. The molecule has 7 nitrogen and oxygen atoms in total. The van der Waals surface area contributed by atoms with Gasteiger partial charge in [-0.25, -0.2) is 4.57 Å². The van der Waals surface area contributed by atoms with Crippen LogP contribution in [0, 0.1) is 0 Å². The Kier molecular flexibility index (Phi) is 17.2. The highest BCUT2D eigenvalue weighted by atomic mass is 31.2. The molecule has 0 atom stereocenters. The third-order valence-corrected chi connectivity index (χ3v) is 3.46. The van der Waals surface area contributed by atoms with Crippen LogP contribution in [0.5, 0.6) is 0 Å². The zero-order valence-corrected chi connectivity index (χ0v) is 19.9. The molecule has 0 spiro atoms. The molecule has 0 saturated heterocycles. The van der Waals surface area contributed by atoms with Gasteiger partial charge < -0.3 is 30.6 Å². The fourth-order valence-corrected chi connectivity index (χ4v) is 2.28. The largest absolute Gasteiger partial charge is 0.466 e. The normalized spacial score (nSPS) is 9.44. The predicted octanol–water partition coefficient (Wildman–Crippen LogP) is 5.43. The maximum atomic E-state index is 8.88. The Balaban J connectivity index is 0.000000410. The average molecular weight is 462 g/mol. The van der Waals surface area contributed by atoms with Crippen molar-refractivity contribution in [3.63, 3.8) is 0 Å². The van der Waals surface area contributed by atoms with Gasteiger partial charge in [0.1, 0.15) is 0 Å². The summed E-state index contributed by atoms with van der Waals surface area (Å²) < 4.78 is 8.88. The molecule has 8 heteroatoms. The Labute approximate surface area is 191 Å². The van der Waals surface area contributed by atoms with Crippen molar-refractivity contribution in [2.24, 2.45) is 0 Å². The van der Waals surface area contributed by atoms with Gasteiger partial charge in [0.05, 0.1) is 0 Å². The zero-order valence-electron chi connectivity index (χ0n) is 19.0. The van der Waals surface area contributed by atoms with Gasteiger partial charge in [0.2, 0.25) is 0 Å². The van der Waals surface area contributed by atoms with Gasteiger partial charge in [0, 0.05) is 36.7 Å². The van der Waals surface area contributed by atoms with Crippen molar-refractivity contribution in [2.75, 3.05) is 35.6 Å². The van der Waals surface area contributed by atoms with E-state index in [-0.39, 0.29) is 0 Å². The Morgan fingerprint density at radius 3 is 0.875 bits per heavy atom. The molecule has 3 aromatic carbocycles. The van der Waals surface area contributed by atoms with Crippen LogP contribution in [0.15, 0.2) is 91.0 Å². The summed E-state index contributed by atoms with van der Waals surface area (Å²) in [5.41, 5.74) is 3.58. The summed E-state index contributed by atoms with van der Waals surface area (Å²) in [4.78, 5) is 21.6. The van der Waals surface area contributed by atoms with Crippen LogP contribution in [-0.4, -0.2) is 34.3 Å². The molecule has 6 N–H and O–H groups in total. The van der Waals surface area contributed by atoms with Gasteiger partial charge in [0.25, 0.3) is 0 Å². The maximum absolute atomic E-state index is 8.88. The number of anilines is 3. The second kappa shape index (κ2) is 18.9. The van der Waals surface area contributed by atoms with Gasteiger partial charge in [0.15, 0.2) is 0 Å². The van der Waals surface area contributed by atoms with Crippen molar-refractivity contribution in [1.29, 1.82) is 0 Å². The van der Waals surface area contributed by atoms with Crippen LogP contribution in [0.4, 0.5) is 17.1 Å². The van der Waals surface area contributed by atoms with E-state index in [2.05, 4.69) is 73.1 Å². The van der Waals surface area contributed by atoms with Crippen molar-refractivity contribution >= 4 is 24.9 Å². The van der Waals surface area contributed by atoms with Crippen LogP contribution in [0.25, 0.3) is 0 Å². The summed E-state index contributed by atoms with van der Waals surface area (Å²) >= 11 is 0. The van der Waals surface area contributed by atoms with E-state index >= 15 is 0 Å². The van der Waals surface area contributed by atoms with Crippen molar-refractivity contribution in [3.05, 3.63) is 91.0 Å². The van der Waals surface area contributed by atoms with E-state index in [0.717, 1.165) is 19.6 Å². The van der Waals surface area contributed by atoms with Crippen molar-refractivity contribution in [2.45, 2.75) is 20.8 Å². The fourth-order valence-electron chi connectivity index (χ4n) is 2.28. The number of para-hydroxylation sites is 3. The molecule has 0 aromatic heterocycles. The third kappa shape index (κ3) is 20.4. The number of hydrogen-bond acceptors (Lipinski definition) is 4. The fraction of sp³-hybridized carbons (Fsp3) is 0.250. The summed E-state index contributed by atoms with van der Waals surface area (Å²) in [5.74, 6) is 0. The smallest absolute Gasteiger partial charge is 0.385 e. The molecule has 0 bridgehead atoms. The Morgan fingerprint density at radius 2 is 0.719 bits per heavy atom. The molecule has 0 saturated carbocycles. The summed E-state index contributed by atoms with van der Waals surface area (Å²) in [5, 5.41) is 9.62. The molecule has 0 unspecified atom stereocenters. The molecule has 3 aromatic rings. The Morgan fingerprint density at radius 1 is 0.531 bits per heavy atom. The molecule has 0 heterocycles. The van der Waals surface area contributed by atoms with E-state index in [1.54, 1.807) is 0 Å². The lowest BCUT2D eigenvalue weighted by Gasteiger charge is -1.99. The van der Waals surface area contributed by atoms with Crippen LogP contribution < -0.4 is 16.0 Å². The molecule has 0 fully saturated rings. The van der Waals surface area contributed by atoms with Gasteiger partial charge in [-0.15, -0.1) is 0 Å². The Hall–Kier alpha value is -2.83. The zero-order chi connectivity index (χ0) is 24.1. The SMILES string of the molecule is CCNc1ccccc1.CCNc1ccccc1.CCNc1ccccc1.O=P(O)(O)O. The van der Waals surface area contributed by atoms with E-state index in [0.29, 0.717) is 0 Å². The molecule has 0 aliphatic rings. The lowest BCUT2D eigenvalue weighted by molar-refractivity contribution is 0.275. The maximum Gasteiger partial charge on any atom is 0.466 e. The first kappa shape index (κ1) is 29.2. The van der Waals surface area contributed by atoms with E-state index in [1.807, 2.05) is 54.6 Å². The lowest BCUT2D eigenvalue weighted by atomic mass is 10.3. The number of rotatable bonds is 6. The van der Waals surface area contributed by atoms with E-state index in [4.69, 9.17) is 19.2 Å². The first-order valence-electron chi connectivity index (χ1n) is 10.4. The predicted molar refractivity (Wildman–Crippen MR) is 136 cm³/mol. The quantitative estimate of drug-likeness (QED) is 0.271. The number of nitrogens with one attached hydrogen (secondary N) is 3. The van der Waals surface area contributed by atoms with Crippen LogP contribution in [0.1, 0.15) is 20.8 Å². The molecule has 3 rings (SSSR count). The highest BCUT2D eigenvalue weighted by Gasteiger charge is 2.00. The summed E-state index contributed by atoms with van der Waals surface area (Å²) in [6.45, 7) is 9.24. The molecule has 0 aliphatic carbocycles. The van der Waals surface area contributed by atoms with Crippen LogP contribution in [-0.2, 0) is 4.57 Å². The van der Waals surface area contributed by atoms with E-state index in [9.17, 15) is 0 Å². The molecular weight excluding hydrogens is 425 g/mol. The summed E-state index contributed by atoms with van der Waals surface area (Å²) in [6, 6.07) is 30.6. The second-order valence-electron chi connectivity index (χ2n) is 6.20. The van der Waals surface area contributed by atoms with Gasteiger partial charge >= 0.3 is 7.82 Å². The standard InChI is InChI=1S/3C8H11N.H3O4P/c3*1-2-9-8-6-4-3-5-7-8;1-5(2,3)4/h3*3-7,9H,2H2,1H3;(H3,1,2,3,4). The summed E-state index contributed by atoms with van der Waals surface area (Å²) in [6.07, 6.45) is 0.